The van der Waals surface area contributed by atoms with Gasteiger partial charge in [0.1, 0.15) is 23.2 Å². The summed E-state index contributed by atoms with van der Waals surface area (Å²) < 4.78 is 16.3. The van der Waals surface area contributed by atoms with E-state index < -0.39 is 30.0 Å². The van der Waals surface area contributed by atoms with Crippen LogP contribution in [0.2, 0.25) is 26.2 Å². The van der Waals surface area contributed by atoms with Gasteiger partial charge in [0.15, 0.2) is 18.1 Å². The van der Waals surface area contributed by atoms with Crippen LogP contribution in [-0.2, 0) is 19.1 Å². The van der Waals surface area contributed by atoms with Crippen LogP contribution in [0.4, 0.5) is 11.4 Å². The van der Waals surface area contributed by atoms with Gasteiger partial charge < -0.3 is 13.6 Å². The van der Waals surface area contributed by atoms with Gasteiger partial charge in [0, 0.05) is 5.56 Å². The normalized spacial score (nSPS) is 12.2. The molecule has 9 heteroatoms. The van der Waals surface area contributed by atoms with Crippen molar-refractivity contribution in [1.29, 1.82) is 0 Å². The number of rotatable bonds is 10. The summed E-state index contributed by atoms with van der Waals surface area (Å²) in [5.74, 6) is -0.528. The quantitative estimate of drug-likeness (QED) is 0.0800. The molecule has 0 saturated carbocycles. The zero-order chi connectivity index (χ0) is 28.2. The van der Waals surface area contributed by atoms with E-state index in [1.165, 1.54) is 13.0 Å². The molecule has 0 aromatic heterocycles. The van der Waals surface area contributed by atoms with Gasteiger partial charge in [0.25, 0.3) is 0 Å². The number of allylic oxidation sites excluding steroid dienone is 1. The van der Waals surface area contributed by atoms with E-state index in [4.69, 9.17) is 13.6 Å². The molecule has 37 heavy (non-hydrogen) atoms. The van der Waals surface area contributed by atoms with Crippen molar-refractivity contribution in [3.63, 3.8) is 0 Å². The first kappa shape index (κ1) is 32.1. The highest BCUT2D eigenvalue weighted by molar-refractivity contribution is 6.63. The number of benzene rings is 2. The first-order valence-electron chi connectivity index (χ1n) is 12.5. The van der Waals surface area contributed by atoms with Crippen molar-refractivity contribution >= 4 is 41.2 Å². The molecule has 0 N–H and O–H groups in total. The summed E-state index contributed by atoms with van der Waals surface area (Å²) in [7, 11) is 0.316. The molecular weight excluding hydrogens is 500 g/mol. The van der Waals surface area contributed by atoms with Crippen LogP contribution in [-0.4, -0.2) is 36.9 Å². The molecule has 0 spiro atoms. The van der Waals surface area contributed by atoms with Gasteiger partial charge in [-0.1, -0.05) is 26.8 Å². The van der Waals surface area contributed by atoms with Crippen LogP contribution >= 0.6 is 0 Å². The fraction of sp³-hybridized carbons (Fsp3) is 0.429. The van der Waals surface area contributed by atoms with Crippen LogP contribution in [0.3, 0.4) is 0 Å². The number of azo groups is 1. The number of Topliss-reactive ketones (excluding diaryl/α,β-unsaturated/α-hetero) is 1. The fourth-order valence-electron chi connectivity index (χ4n) is 3.37. The van der Waals surface area contributed by atoms with Crippen molar-refractivity contribution in [2.24, 2.45) is 16.1 Å². The number of hydrogen-bond acceptors (Lipinski definition) is 7. The number of carbonyl (C=O) groups excluding carboxylic acids is 2. The van der Waals surface area contributed by atoms with Crippen LogP contribution in [0, 0.1) is 5.92 Å². The summed E-state index contributed by atoms with van der Waals surface area (Å²) in [4.78, 5) is 23.7. The molecule has 2 aromatic carbocycles. The van der Waals surface area contributed by atoms with E-state index >= 15 is 0 Å². The summed E-state index contributed by atoms with van der Waals surface area (Å²) in [6.45, 7) is 20.1. The van der Waals surface area contributed by atoms with Gasteiger partial charge in [0.2, 0.25) is 0 Å². The molecule has 1 atom stereocenters. The zero-order valence-corrected chi connectivity index (χ0v) is 26.0. The largest absolute Gasteiger partial charge is 0.496 e. The second kappa shape index (κ2) is 15.4. The summed E-state index contributed by atoms with van der Waals surface area (Å²) in [6.07, 6.45) is 1.78. The number of nitrogens with zero attached hydrogens (tertiary/aromatic N) is 2. The minimum absolute atomic E-state index is 0.0915. The van der Waals surface area contributed by atoms with E-state index in [9.17, 15) is 9.59 Å². The molecule has 202 valence electrons. The standard InChI is InChI=1S/C24H28N2O4.C4H14OSi2/c1-7-8-20(16(2)27)23(28)30-19-12-9-17(10-13-19)25-26-18-11-14-22(29-6)21(15-18)24(3,4)5;1-6(2)5-7(3)4/h7,9-15,20H,1,8H2,2-6H3;6-7H,1-4H3. The SMILES string of the molecule is C=CCC(C(C)=O)C(=O)Oc1ccc(N=Nc2ccc(OC)c(C(C)(C)C)c2)cc1.C[SiH](C)O[SiH](C)C. The molecule has 2 rings (SSSR count). The molecule has 2 aromatic rings. The predicted octanol–water partition coefficient (Wildman–Crippen LogP) is 7.06. The minimum Gasteiger partial charge on any atom is -0.496 e. The highest BCUT2D eigenvalue weighted by Gasteiger charge is 2.24. The summed E-state index contributed by atoms with van der Waals surface area (Å²) >= 11 is 0. The molecule has 0 saturated heterocycles. The van der Waals surface area contributed by atoms with Crippen molar-refractivity contribution in [2.45, 2.75) is 65.7 Å². The van der Waals surface area contributed by atoms with Gasteiger partial charge in [-0.3, -0.25) is 9.59 Å². The average Bonchev–Trinajstić information content (AvgIpc) is 2.80. The molecule has 0 aliphatic heterocycles. The average molecular weight is 543 g/mol. The van der Waals surface area contributed by atoms with Crippen molar-refractivity contribution in [2.75, 3.05) is 7.11 Å². The van der Waals surface area contributed by atoms with E-state index in [0.717, 1.165) is 11.3 Å². The third kappa shape index (κ3) is 11.8. The van der Waals surface area contributed by atoms with Crippen molar-refractivity contribution in [1.82, 2.24) is 0 Å². The topological polar surface area (TPSA) is 86.6 Å². The predicted molar refractivity (Wildman–Crippen MR) is 156 cm³/mol. The van der Waals surface area contributed by atoms with Crippen molar-refractivity contribution in [3.8, 4) is 11.5 Å². The maximum atomic E-state index is 12.2. The Kier molecular flexibility index (Phi) is 13.4. The lowest BCUT2D eigenvalue weighted by molar-refractivity contribution is -0.143. The lowest BCUT2D eigenvalue weighted by atomic mass is 9.86. The lowest BCUT2D eigenvalue weighted by Crippen LogP contribution is -2.26. The van der Waals surface area contributed by atoms with Crippen LogP contribution in [0.5, 0.6) is 11.5 Å². The summed E-state index contributed by atoms with van der Waals surface area (Å²) in [6, 6.07) is 12.3. The van der Waals surface area contributed by atoms with Crippen molar-refractivity contribution in [3.05, 3.63) is 60.7 Å². The second-order valence-electron chi connectivity index (χ2n) is 10.2. The molecule has 0 aliphatic rings. The highest BCUT2D eigenvalue weighted by atomic mass is 28.4. The smallest absolute Gasteiger partial charge is 0.322 e. The van der Waals surface area contributed by atoms with Gasteiger partial charge in [-0.25, -0.2) is 0 Å². The van der Waals surface area contributed by atoms with Gasteiger partial charge >= 0.3 is 5.97 Å². The Labute approximate surface area is 225 Å². The monoisotopic (exact) mass is 542 g/mol. The number of esters is 1. The third-order valence-corrected chi connectivity index (χ3v) is 9.40. The van der Waals surface area contributed by atoms with Crippen LogP contribution in [0.1, 0.15) is 39.7 Å². The molecule has 7 nitrogen and oxygen atoms in total. The Balaban J connectivity index is 0.000000856. The number of ketones is 1. The Bertz CT molecular complexity index is 1060. The van der Waals surface area contributed by atoms with Crippen LogP contribution < -0.4 is 9.47 Å². The number of carbonyl (C=O) groups is 2. The van der Waals surface area contributed by atoms with E-state index in [-0.39, 0.29) is 17.6 Å². The first-order chi connectivity index (χ1) is 17.3. The Hall–Kier alpha value is -2.89. The highest BCUT2D eigenvalue weighted by Crippen LogP contribution is 2.34. The molecule has 0 amide bonds. The zero-order valence-electron chi connectivity index (χ0n) is 23.7. The molecule has 0 radical (unpaired) electrons. The van der Waals surface area contributed by atoms with E-state index in [0.29, 0.717) is 17.1 Å². The molecule has 1 unspecified atom stereocenters. The number of methoxy groups -OCH3 is 1. The maximum Gasteiger partial charge on any atom is 0.322 e. The Morgan fingerprint density at radius 3 is 1.95 bits per heavy atom. The van der Waals surface area contributed by atoms with Crippen LogP contribution in [0.25, 0.3) is 0 Å². The summed E-state index contributed by atoms with van der Waals surface area (Å²) in [5.41, 5.74) is 2.27. The second-order valence-corrected chi connectivity index (χ2v) is 15.5. The molecule has 0 heterocycles. The molecule has 0 fully saturated rings. The minimum atomic E-state index is -0.839. The van der Waals surface area contributed by atoms with Gasteiger partial charge in [-0.15, -0.1) is 6.58 Å². The Morgan fingerprint density at radius 2 is 1.51 bits per heavy atom. The first-order valence-corrected chi connectivity index (χ1v) is 18.0. The molecule has 0 bridgehead atoms. The van der Waals surface area contributed by atoms with E-state index in [2.05, 4.69) is 63.8 Å². The van der Waals surface area contributed by atoms with Gasteiger partial charge in [0.05, 0.1) is 18.5 Å². The Morgan fingerprint density at radius 1 is 0.973 bits per heavy atom. The molecule has 0 aliphatic carbocycles. The maximum absolute atomic E-state index is 12.2. The summed E-state index contributed by atoms with van der Waals surface area (Å²) in [5, 5.41) is 8.54. The number of hydrogen-bond donors (Lipinski definition) is 0. The van der Waals surface area contributed by atoms with Gasteiger partial charge in [-0.2, -0.15) is 10.2 Å². The lowest BCUT2D eigenvalue weighted by Gasteiger charge is -2.22. The van der Waals surface area contributed by atoms with E-state index in [1.54, 1.807) is 31.4 Å². The molecular formula is C28H42N2O5Si2. The van der Waals surface area contributed by atoms with Crippen molar-refractivity contribution < 1.29 is 23.2 Å². The third-order valence-electron chi connectivity index (χ3n) is 5.05. The fourth-order valence-corrected chi connectivity index (χ4v) is 7.72. The van der Waals surface area contributed by atoms with E-state index in [1.807, 2.05) is 18.2 Å². The number of ether oxygens (including phenoxy) is 2. The van der Waals surface area contributed by atoms with Crippen LogP contribution in [0.15, 0.2) is 65.3 Å². The van der Waals surface area contributed by atoms with Gasteiger partial charge in [-0.05, 0) is 87.4 Å².